The third-order valence-corrected chi connectivity index (χ3v) is 4.54. The van der Waals surface area contributed by atoms with E-state index in [9.17, 15) is 13.2 Å². The van der Waals surface area contributed by atoms with Crippen LogP contribution in [-0.2, 0) is 26.1 Å². The van der Waals surface area contributed by atoms with Crippen molar-refractivity contribution in [2.75, 3.05) is 6.54 Å². The zero-order valence-electron chi connectivity index (χ0n) is 17.6. The molecular formula is C22H25F3N6O. The van der Waals surface area contributed by atoms with Gasteiger partial charge in [-0.3, -0.25) is 0 Å². The van der Waals surface area contributed by atoms with Crippen LogP contribution in [0.2, 0.25) is 0 Å². The summed E-state index contributed by atoms with van der Waals surface area (Å²) in [6.07, 6.45) is -2.22. The van der Waals surface area contributed by atoms with Crippen molar-refractivity contribution in [3.05, 3.63) is 77.9 Å². The Hall–Kier alpha value is -3.56. The predicted molar refractivity (Wildman–Crippen MR) is 115 cm³/mol. The highest BCUT2D eigenvalue weighted by molar-refractivity contribution is 5.79. The molecule has 1 heterocycles. The number of benzene rings is 2. The number of nitrogens with one attached hydrogen (secondary N) is 2. The second kappa shape index (κ2) is 11.2. The second-order valence-electron chi connectivity index (χ2n) is 6.92. The summed E-state index contributed by atoms with van der Waals surface area (Å²) in [5, 5.41) is 14.5. The summed E-state index contributed by atoms with van der Waals surface area (Å²) in [7, 11) is 0. The van der Waals surface area contributed by atoms with Gasteiger partial charge in [0.25, 0.3) is 0 Å². The number of hydrogen-bond donors (Lipinski definition) is 2. The van der Waals surface area contributed by atoms with Crippen LogP contribution in [0.15, 0.2) is 65.9 Å². The number of nitrogens with zero attached hydrogens (tertiary/aromatic N) is 4. The van der Waals surface area contributed by atoms with Gasteiger partial charge in [-0.2, -0.15) is 0 Å². The zero-order chi connectivity index (χ0) is 22.8. The summed E-state index contributed by atoms with van der Waals surface area (Å²) in [5.41, 5.74) is 1.86. The van der Waals surface area contributed by atoms with Gasteiger partial charge in [0.15, 0.2) is 5.96 Å². The van der Waals surface area contributed by atoms with Crippen molar-refractivity contribution >= 4 is 5.96 Å². The van der Waals surface area contributed by atoms with Gasteiger partial charge in [-0.15, -0.1) is 23.4 Å². The first kappa shape index (κ1) is 23.1. The van der Waals surface area contributed by atoms with Crippen molar-refractivity contribution in [3.8, 4) is 5.75 Å². The summed E-state index contributed by atoms with van der Waals surface area (Å²) in [6, 6.07) is 15.6. The fourth-order valence-corrected chi connectivity index (χ4v) is 2.96. The number of rotatable bonds is 9. The summed E-state index contributed by atoms with van der Waals surface area (Å²) in [6.45, 7) is 4.17. The van der Waals surface area contributed by atoms with Crippen LogP contribution in [-0.4, -0.2) is 33.6 Å². The molecule has 0 saturated heterocycles. The topological polar surface area (TPSA) is 76.4 Å². The van der Waals surface area contributed by atoms with Gasteiger partial charge in [-0.05, 0) is 23.3 Å². The van der Waals surface area contributed by atoms with Crippen LogP contribution < -0.4 is 15.4 Å². The molecule has 0 aliphatic heterocycles. The fourth-order valence-electron chi connectivity index (χ4n) is 2.96. The molecule has 10 heteroatoms. The minimum absolute atomic E-state index is 0.252. The largest absolute Gasteiger partial charge is 0.573 e. The van der Waals surface area contributed by atoms with Gasteiger partial charge in [0, 0.05) is 26.1 Å². The molecule has 1 aromatic heterocycles. The first-order valence-corrected chi connectivity index (χ1v) is 10.2. The van der Waals surface area contributed by atoms with E-state index >= 15 is 0 Å². The predicted octanol–water partition coefficient (Wildman–Crippen LogP) is 3.67. The summed E-state index contributed by atoms with van der Waals surface area (Å²) in [5.74, 6) is 1.25. The number of hydrogen-bond acceptors (Lipinski definition) is 4. The SMILES string of the molecule is CCc1nncn1CCNC(=NCc1ccccc1)NCc1ccc(OC(F)(F)F)cc1. The molecule has 0 aliphatic rings. The number of aryl methyl sites for hydroxylation is 1. The lowest BCUT2D eigenvalue weighted by molar-refractivity contribution is -0.274. The Kier molecular flexibility index (Phi) is 8.07. The van der Waals surface area contributed by atoms with E-state index in [0.29, 0.717) is 32.1 Å². The molecule has 0 aliphatic carbocycles. The maximum absolute atomic E-state index is 12.3. The minimum atomic E-state index is -4.71. The highest BCUT2D eigenvalue weighted by atomic mass is 19.4. The van der Waals surface area contributed by atoms with Gasteiger partial charge in [0.05, 0.1) is 6.54 Å². The molecule has 0 spiro atoms. The molecule has 0 fully saturated rings. The molecule has 2 N–H and O–H groups in total. The van der Waals surface area contributed by atoms with Crippen LogP contribution in [0, 0.1) is 0 Å². The molecule has 0 radical (unpaired) electrons. The lowest BCUT2D eigenvalue weighted by atomic mass is 10.2. The van der Waals surface area contributed by atoms with Crippen molar-refractivity contribution < 1.29 is 17.9 Å². The summed E-state index contributed by atoms with van der Waals surface area (Å²) >= 11 is 0. The molecule has 3 rings (SSSR count). The van der Waals surface area contributed by atoms with Crippen LogP contribution in [0.25, 0.3) is 0 Å². The number of guanidine groups is 1. The summed E-state index contributed by atoms with van der Waals surface area (Å²) in [4.78, 5) is 4.62. The fraction of sp³-hybridized carbons (Fsp3) is 0.318. The van der Waals surface area contributed by atoms with E-state index in [2.05, 4.69) is 30.6 Å². The molecule has 2 aromatic carbocycles. The van der Waals surface area contributed by atoms with Crippen LogP contribution in [0.1, 0.15) is 23.9 Å². The van der Waals surface area contributed by atoms with Crippen molar-refractivity contribution in [1.82, 2.24) is 25.4 Å². The Balaban J connectivity index is 1.60. The quantitative estimate of drug-likeness (QED) is 0.388. The molecule has 7 nitrogen and oxygen atoms in total. The third kappa shape index (κ3) is 7.60. The lowest BCUT2D eigenvalue weighted by Crippen LogP contribution is -2.38. The van der Waals surface area contributed by atoms with Gasteiger partial charge in [0.1, 0.15) is 17.9 Å². The number of aliphatic imine (C=N–C) groups is 1. The number of aromatic nitrogens is 3. The van der Waals surface area contributed by atoms with Crippen molar-refractivity contribution in [2.24, 2.45) is 4.99 Å². The van der Waals surface area contributed by atoms with E-state index < -0.39 is 6.36 Å². The maximum atomic E-state index is 12.3. The van der Waals surface area contributed by atoms with Gasteiger partial charge < -0.3 is 19.9 Å². The monoisotopic (exact) mass is 446 g/mol. The minimum Gasteiger partial charge on any atom is -0.406 e. The average molecular weight is 446 g/mol. The van der Waals surface area contributed by atoms with Crippen LogP contribution >= 0.6 is 0 Å². The third-order valence-electron chi connectivity index (χ3n) is 4.54. The molecule has 0 atom stereocenters. The number of halogens is 3. The Morgan fingerprint density at radius 2 is 1.78 bits per heavy atom. The van der Waals surface area contributed by atoms with Crippen molar-refractivity contribution in [1.29, 1.82) is 0 Å². The molecule has 0 bridgehead atoms. The highest BCUT2D eigenvalue weighted by Crippen LogP contribution is 2.22. The molecule has 170 valence electrons. The van der Waals surface area contributed by atoms with Crippen molar-refractivity contribution in [3.63, 3.8) is 0 Å². The Bertz CT molecular complexity index is 987. The Morgan fingerprint density at radius 3 is 2.47 bits per heavy atom. The molecule has 3 aromatic rings. The normalized spacial score (nSPS) is 11.9. The second-order valence-corrected chi connectivity index (χ2v) is 6.92. The van der Waals surface area contributed by atoms with Gasteiger partial charge >= 0.3 is 6.36 Å². The molecule has 0 saturated carbocycles. The van der Waals surface area contributed by atoms with Gasteiger partial charge in [-0.25, -0.2) is 4.99 Å². The van der Waals surface area contributed by atoms with E-state index in [1.54, 1.807) is 18.5 Å². The molecule has 0 amide bonds. The summed E-state index contributed by atoms with van der Waals surface area (Å²) < 4.78 is 42.8. The van der Waals surface area contributed by atoms with E-state index in [-0.39, 0.29) is 5.75 Å². The lowest BCUT2D eigenvalue weighted by Gasteiger charge is -2.14. The number of ether oxygens (including phenoxy) is 1. The van der Waals surface area contributed by atoms with Gasteiger partial charge in [-0.1, -0.05) is 49.4 Å². The van der Waals surface area contributed by atoms with E-state index in [1.807, 2.05) is 41.8 Å². The first-order chi connectivity index (χ1) is 15.4. The Labute approximate surface area is 184 Å². The van der Waals surface area contributed by atoms with E-state index in [4.69, 9.17) is 0 Å². The first-order valence-electron chi connectivity index (χ1n) is 10.2. The standard InChI is InChI=1S/C22H25F3N6O/c1-2-20-30-29-16-31(20)13-12-26-21(27-14-17-6-4-3-5-7-17)28-15-18-8-10-19(11-9-18)32-22(23,24)25/h3-11,16H,2,12-15H2,1H3,(H2,26,27,28). The average Bonchev–Trinajstić information content (AvgIpc) is 3.23. The van der Waals surface area contributed by atoms with E-state index in [0.717, 1.165) is 23.4 Å². The van der Waals surface area contributed by atoms with E-state index in [1.165, 1.54) is 12.1 Å². The molecule has 32 heavy (non-hydrogen) atoms. The highest BCUT2D eigenvalue weighted by Gasteiger charge is 2.30. The number of alkyl halides is 3. The molecule has 0 unspecified atom stereocenters. The maximum Gasteiger partial charge on any atom is 0.573 e. The van der Waals surface area contributed by atoms with Gasteiger partial charge in [0.2, 0.25) is 0 Å². The van der Waals surface area contributed by atoms with Crippen molar-refractivity contribution in [2.45, 2.75) is 39.3 Å². The molecular weight excluding hydrogens is 421 g/mol. The smallest absolute Gasteiger partial charge is 0.406 e. The van der Waals surface area contributed by atoms with Crippen LogP contribution in [0.4, 0.5) is 13.2 Å². The van der Waals surface area contributed by atoms with Crippen LogP contribution in [0.3, 0.4) is 0 Å². The Morgan fingerprint density at radius 1 is 1.03 bits per heavy atom. The van der Waals surface area contributed by atoms with Crippen LogP contribution in [0.5, 0.6) is 5.75 Å². The zero-order valence-corrected chi connectivity index (χ0v) is 17.6.